The highest BCUT2D eigenvalue weighted by molar-refractivity contribution is 6.30. The van der Waals surface area contributed by atoms with Crippen LogP contribution in [0.15, 0.2) is 48.5 Å². The molecule has 0 spiro atoms. The number of nitrogens with zero attached hydrogens (tertiary/aromatic N) is 5. The van der Waals surface area contributed by atoms with E-state index in [2.05, 4.69) is 21.2 Å². The van der Waals surface area contributed by atoms with Gasteiger partial charge in [-0.25, -0.2) is 0 Å². The SMILES string of the molecule is COCCN(CCOC)c1nn2c(-c3cccc(Cl)c3)nnc2c2ccccc12. The molecule has 0 unspecified atom stereocenters. The van der Waals surface area contributed by atoms with Crippen molar-refractivity contribution in [2.45, 2.75) is 0 Å². The van der Waals surface area contributed by atoms with E-state index in [9.17, 15) is 0 Å². The third-order valence-corrected chi connectivity index (χ3v) is 4.99. The van der Waals surface area contributed by atoms with Gasteiger partial charge in [0, 0.05) is 48.7 Å². The second-order valence-corrected chi connectivity index (χ2v) is 7.05. The predicted octanol–water partition coefficient (Wildman–Crippen LogP) is 3.70. The normalized spacial score (nSPS) is 11.4. The fourth-order valence-corrected chi connectivity index (χ4v) is 3.52. The number of rotatable bonds is 8. The van der Waals surface area contributed by atoms with Crippen LogP contribution in [0.25, 0.3) is 27.8 Å². The molecule has 0 bridgehead atoms. The lowest BCUT2D eigenvalue weighted by molar-refractivity contribution is 0.190. The molecule has 8 heteroatoms. The largest absolute Gasteiger partial charge is 0.383 e. The lowest BCUT2D eigenvalue weighted by Crippen LogP contribution is -2.32. The highest BCUT2D eigenvalue weighted by Gasteiger charge is 2.19. The lowest BCUT2D eigenvalue weighted by Gasteiger charge is -2.24. The van der Waals surface area contributed by atoms with Crippen LogP contribution in [0.3, 0.4) is 0 Å². The van der Waals surface area contributed by atoms with Gasteiger partial charge in [-0.1, -0.05) is 48.0 Å². The predicted molar refractivity (Wildman–Crippen MR) is 115 cm³/mol. The highest BCUT2D eigenvalue weighted by atomic mass is 35.5. The van der Waals surface area contributed by atoms with E-state index in [-0.39, 0.29) is 0 Å². The first-order valence-electron chi connectivity index (χ1n) is 9.36. The van der Waals surface area contributed by atoms with Gasteiger partial charge in [-0.3, -0.25) is 0 Å². The van der Waals surface area contributed by atoms with E-state index in [0.717, 1.165) is 22.2 Å². The van der Waals surface area contributed by atoms with Gasteiger partial charge >= 0.3 is 0 Å². The van der Waals surface area contributed by atoms with Crippen molar-refractivity contribution in [3.63, 3.8) is 0 Å². The first kappa shape index (κ1) is 19.6. The van der Waals surface area contributed by atoms with Crippen LogP contribution in [0.2, 0.25) is 5.02 Å². The van der Waals surface area contributed by atoms with Crippen LogP contribution in [0.1, 0.15) is 0 Å². The Labute approximate surface area is 173 Å². The number of anilines is 1. The Balaban J connectivity index is 1.93. The molecule has 4 rings (SSSR count). The molecule has 2 aromatic heterocycles. The van der Waals surface area contributed by atoms with Gasteiger partial charge in [0.1, 0.15) is 0 Å². The molecular weight excluding hydrogens is 390 g/mol. The Morgan fingerprint density at radius 1 is 0.931 bits per heavy atom. The van der Waals surface area contributed by atoms with Gasteiger partial charge in [0.25, 0.3) is 0 Å². The Morgan fingerprint density at radius 3 is 2.34 bits per heavy atom. The average molecular weight is 412 g/mol. The summed E-state index contributed by atoms with van der Waals surface area (Å²) < 4.78 is 12.4. The summed E-state index contributed by atoms with van der Waals surface area (Å²) in [4.78, 5) is 2.16. The summed E-state index contributed by atoms with van der Waals surface area (Å²) in [5.41, 5.74) is 1.57. The number of methoxy groups -OCH3 is 2. The van der Waals surface area contributed by atoms with E-state index in [1.165, 1.54) is 0 Å². The van der Waals surface area contributed by atoms with Gasteiger partial charge < -0.3 is 14.4 Å². The van der Waals surface area contributed by atoms with Gasteiger partial charge in [0.15, 0.2) is 17.3 Å². The summed E-state index contributed by atoms with van der Waals surface area (Å²) in [5, 5.41) is 16.4. The molecule has 0 radical (unpaired) electrons. The molecule has 0 N–H and O–H groups in total. The standard InChI is InChI=1S/C21H22ClN5O2/c1-28-12-10-26(11-13-29-2)21-18-9-4-3-8-17(18)20-24-23-19(27(20)25-21)15-6-5-7-16(22)14-15/h3-9,14H,10-13H2,1-2H3. The van der Waals surface area contributed by atoms with Gasteiger partial charge in [-0.2, -0.15) is 4.52 Å². The first-order valence-corrected chi connectivity index (χ1v) is 9.73. The quantitative estimate of drug-likeness (QED) is 0.440. The van der Waals surface area contributed by atoms with Crippen molar-refractivity contribution in [3.8, 4) is 11.4 Å². The molecule has 0 saturated carbocycles. The smallest absolute Gasteiger partial charge is 0.186 e. The molecule has 0 atom stereocenters. The highest BCUT2D eigenvalue weighted by Crippen LogP contribution is 2.30. The molecule has 2 heterocycles. The topological polar surface area (TPSA) is 64.8 Å². The lowest BCUT2D eigenvalue weighted by atomic mass is 10.1. The van der Waals surface area contributed by atoms with Gasteiger partial charge in [-0.15, -0.1) is 15.3 Å². The zero-order chi connectivity index (χ0) is 20.2. The minimum atomic E-state index is 0.584. The van der Waals surface area contributed by atoms with E-state index in [4.69, 9.17) is 26.2 Å². The fourth-order valence-electron chi connectivity index (χ4n) is 3.33. The number of halogens is 1. The summed E-state index contributed by atoms with van der Waals surface area (Å²) in [6, 6.07) is 15.6. The first-order chi connectivity index (χ1) is 14.2. The summed E-state index contributed by atoms with van der Waals surface area (Å²) in [6.45, 7) is 2.55. The molecule has 0 aliphatic heterocycles. The molecule has 0 saturated heterocycles. The molecular formula is C21H22ClN5O2. The summed E-state index contributed by atoms with van der Waals surface area (Å²) in [6.07, 6.45) is 0. The Kier molecular flexibility index (Phi) is 5.89. The average Bonchev–Trinajstić information content (AvgIpc) is 3.18. The van der Waals surface area contributed by atoms with Gasteiger partial charge in [0.05, 0.1) is 13.2 Å². The zero-order valence-corrected chi connectivity index (χ0v) is 17.1. The number of aromatic nitrogens is 4. The van der Waals surface area contributed by atoms with Crippen molar-refractivity contribution in [3.05, 3.63) is 53.6 Å². The maximum Gasteiger partial charge on any atom is 0.186 e. The van der Waals surface area contributed by atoms with Crippen molar-refractivity contribution in [2.24, 2.45) is 0 Å². The second-order valence-electron chi connectivity index (χ2n) is 6.61. The second kappa shape index (κ2) is 8.73. The van der Waals surface area contributed by atoms with Crippen LogP contribution < -0.4 is 4.90 Å². The summed E-state index contributed by atoms with van der Waals surface area (Å²) >= 11 is 6.19. The van der Waals surface area contributed by atoms with Crippen LogP contribution >= 0.6 is 11.6 Å². The number of benzene rings is 2. The van der Waals surface area contributed by atoms with Crippen LogP contribution in [0, 0.1) is 0 Å². The van der Waals surface area contributed by atoms with Crippen LogP contribution in [0.4, 0.5) is 5.82 Å². The fraction of sp³-hybridized carbons (Fsp3) is 0.286. The van der Waals surface area contributed by atoms with E-state index < -0.39 is 0 Å². The molecule has 2 aromatic carbocycles. The third-order valence-electron chi connectivity index (χ3n) is 4.76. The number of hydrogen-bond acceptors (Lipinski definition) is 6. The van der Waals surface area contributed by atoms with Crippen molar-refractivity contribution >= 4 is 33.8 Å². The summed E-state index contributed by atoms with van der Waals surface area (Å²) in [7, 11) is 3.39. The molecule has 29 heavy (non-hydrogen) atoms. The summed E-state index contributed by atoms with van der Waals surface area (Å²) in [5.74, 6) is 1.48. The molecule has 0 aliphatic carbocycles. The maximum absolute atomic E-state index is 6.19. The molecule has 0 aliphatic rings. The van der Waals surface area contributed by atoms with Gasteiger partial charge in [-0.05, 0) is 12.1 Å². The van der Waals surface area contributed by atoms with Crippen molar-refractivity contribution in [2.75, 3.05) is 45.4 Å². The monoisotopic (exact) mass is 411 g/mol. The minimum absolute atomic E-state index is 0.584. The van der Waals surface area contributed by atoms with Crippen molar-refractivity contribution in [1.29, 1.82) is 0 Å². The molecule has 4 aromatic rings. The number of hydrogen-bond donors (Lipinski definition) is 0. The van der Waals surface area contributed by atoms with E-state index >= 15 is 0 Å². The maximum atomic E-state index is 6.19. The van der Waals surface area contributed by atoms with E-state index in [0.29, 0.717) is 42.8 Å². The van der Waals surface area contributed by atoms with Gasteiger partial charge in [0.2, 0.25) is 0 Å². The third kappa shape index (κ3) is 3.89. The Hall–Kier alpha value is -2.74. The van der Waals surface area contributed by atoms with Crippen LogP contribution in [-0.4, -0.2) is 60.3 Å². The molecule has 150 valence electrons. The Bertz CT molecular complexity index is 1120. The molecule has 0 amide bonds. The van der Waals surface area contributed by atoms with Crippen molar-refractivity contribution in [1.82, 2.24) is 19.8 Å². The molecule has 7 nitrogen and oxygen atoms in total. The van der Waals surface area contributed by atoms with E-state index in [1.807, 2.05) is 42.5 Å². The Morgan fingerprint density at radius 2 is 1.66 bits per heavy atom. The number of fused-ring (bicyclic) bond motifs is 3. The van der Waals surface area contributed by atoms with Crippen molar-refractivity contribution < 1.29 is 9.47 Å². The van der Waals surface area contributed by atoms with Crippen LogP contribution in [-0.2, 0) is 9.47 Å². The number of ether oxygens (including phenoxy) is 2. The minimum Gasteiger partial charge on any atom is -0.383 e. The van der Waals surface area contributed by atoms with Crippen LogP contribution in [0.5, 0.6) is 0 Å². The zero-order valence-electron chi connectivity index (χ0n) is 16.4. The van der Waals surface area contributed by atoms with E-state index in [1.54, 1.807) is 18.7 Å². The molecule has 0 fully saturated rings.